The van der Waals surface area contributed by atoms with E-state index in [4.69, 9.17) is 4.74 Å². The number of carbonyl (C=O) groups excluding carboxylic acids is 4. The Morgan fingerprint density at radius 1 is 0.785 bits per heavy atom. The first-order valence-corrected chi connectivity index (χ1v) is 23.2. The molecule has 9 rings (SSSR count). The monoisotopic (exact) mass is 901 g/mol. The first-order valence-electron chi connectivity index (χ1n) is 23.2. The number of alkyl halides is 3. The number of ether oxygens (including phenoxy) is 1. The molecule has 19 heteroatoms. The highest BCUT2D eigenvalue weighted by Crippen LogP contribution is 2.39. The summed E-state index contributed by atoms with van der Waals surface area (Å²) < 4.78 is 46.2. The largest absolute Gasteiger partial charge is 0.481 e. The molecule has 3 aromatic heterocycles. The number of halogens is 3. The lowest BCUT2D eigenvalue weighted by Gasteiger charge is -2.40. The Bertz CT molecular complexity index is 2240. The zero-order valence-electron chi connectivity index (χ0n) is 36.9. The van der Waals surface area contributed by atoms with Gasteiger partial charge < -0.3 is 29.7 Å². The molecule has 4 saturated heterocycles. The topological polar surface area (TPSA) is 169 Å². The Morgan fingerprint density at radius 3 is 2.22 bits per heavy atom. The predicted molar refractivity (Wildman–Crippen MR) is 234 cm³/mol. The summed E-state index contributed by atoms with van der Waals surface area (Å²) in [5.41, 5.74) is 2.95. The van der Waals surface area contributed by atoms with Gasteiger partial charge in [0.1, 0.15) is 17.7 Å². The Balaban J connectivity index is 0.695. The predicted octanol–water partition coefficient (Wildman–Crippen LogP) is 4.26. The van der Waals surface area contributed by atoms with Crippen LogP contribution in [0.25, 0.3) is 0 Å². The van der Waals surface area contributed by atoms with E-state index < -0.39 is 17.6 Å². The van der Waals surface area contributed by atoms with E-state index in [0.717, 1.165) is 93.7 Å². The molecular formula is C46H58F3N11O5. The number of anilines is 3. The van der Waals surface area contributed by atoms with E-state index in [-0.39, 0.29) is 47.4 Å². The summed E-state index contributed by atoms with van der Waals surface area (Å²) in [6, 6.07) is 3.09. The standard InChI is InChI=1S/C46H58F3N11O5/c1-65-43-38(46(47,48)49)21-35(24-51-43)59-15-11-39-37(27-59)41(53-28-52-39)54-33-10-14-60(26-33)45(64)31-4-2-30(3-5-31)44(63)58-18-16-56(17-19-58)25-29-8-12-57(13-9-29)34-20-32(22-50-23-34)36-6-7-40(61)55-42(36)62/h20-24,28-31,33,36H,2-19,25-27H2,1H3,(H,52,53,54)(H,55,61,62)/t30?,31?,33-,36?/m0/s1. The number of likely N-dealkylation sites (tertiary alicyclic amines) is 1. The van der Waals surface area contributed by atoms with Crippen LogP contribution >= 0.6 is 0 Å². The second kappa shape index (κ2) is 19.1. The van der Waals surface area contributed by atoms with Crippen LogP contribution in [0.1, 0.15) is 86.1 Å². The number of hydrogen-bond donors (Lipinski definition) is 2. The van der Waals surface area contributed by atoms with E-state index in [0.29, 0.717) is 88.5 Å². The number of fused-ring (bicyclic) bond motifs is 1. The minimum atomic E-state index is -4.61. The molecule has 0 spiro atoms. The lowest BCUT2D eigenvalue weighted by Crippen LogP contribution is -2.52. The summed E-state index contributed by atoms with van der Waals surface area (Å²) in [4.78, 5) is 79.5. The van der Waals surface area contributed by atoms with Crippen LogP contribution in [-0.4, -0.2) is 137 Å². The molecule has 2 N–H and O–H groups in total. The van der Waals surface area contributed by atoms with Crippen LogP contribution in [0.5, 0.6) is 5.88 Å². The van der Waals surface area contributed by atoms with Crippen molar-refractivity contribution in [3.63, 3.8) is 0 Å². The highest BCUT2D eigenvalue weighted by Gasteiger charge is 2.39. The number of imide groups is 1. The molecule has 348 valence electrons. The number of methoxy groups -OCH3 is 1. The fourth-order valence-corrected chi connectivity index (χ4v) is 10.8. The first kappa shape index (κ1) is 44.6. The summed E-state index contributed by atoms with van der Waals surface area (Å²) in [5.74, 6) is 0.126. The maximum Gasteiger partial charge on any atom is 0.421 e. The van der Waals surface area contributed by atoms with Crippen molar-refractivity contribution >= 4 is 40.8 Å². The van der Waals surface area contributed by atoms with E-state index >= 15 is 0 Å². The number of piperidine rings is 2. The second-order valence-corrected chi connectivity index (χ2v) is 18.6. The quantitative estimate of drug-likeness (QED) is 0.278. The average molecular weight is 902 g/mol. The number of aromatic nitrogens is 4. The molecule has 65 heavy (non-hydrogen) atoms. The number of rotatable bonds is 10. The van der Waals surface area contributed by atoms with Gasteiger partial charge in [-0.2, -0.15) is 13.2 Å². The van der Waals surface area contributed by atoms with Gasteiger partial charge in [-0.05, 0) is 75.0 Å². The molecular weight excluding hydrogens is 844 g/mol. The van der Waals surface area contributed by atoms with Gasteiger partial charge in [0.15, 0.2) is 0 Å². The molecule has 2 atom stereocenters. The van der Waals surface area contributed by atoms with Gasteiger partial charge in [-0.25, -0.2) is 15.0 Å². The summed E-state index contributed by atoms with van der Waals surface area (Å²) in [6.45, 7) is 7.95. The second-order valence-electron chi connectivity index (χ2n) is 18.6. The molecule has 16 nitrogen and oxygen atoms in total. The molecule has 3 aromatic rings. The SMILES string of the molecule is COc1ncc(N2CCc3ncnc(N[C@H]4CCN(C(=O)C5CCC(C(=O)N6CCN(CC7CCN(c8cncc(C9CCC(=O)NC9=O)c8)CC7)CC6)CC5)C4)c3C2)cc1C(F)(F)F. The fraction of sp³-hybridized carbons (Fsp3) is 0.609. The zero-order chi connectivity index (χ0) is 45.2. The number of hydrogen-bond acceptors (Lipinski definition) is 13. The normalized spacial score (nSPS) is 24.7. The van der Waals surface area contributed by atoms with Crippen molar-refractivity contribution in [1.82, 2.24) is 40.0 Å². The van der Waals surface area contributed by atoms with Gasteiger partial charge in [0.25, 0.3) is 0 Å². The Hall–Kier alpha value is -5.59. The lowest BCUT2D eigenvalue weighted by atomic mass is 9.80. The fourth-order valence-electron chi connectivity index (χ4n) is 10.8. The van der Waals surface area contributed by atoms with Crippen LogP contribution in [0.3, 0.4) is 0 Å². The van der Waals surface area contributed by atoms with Crippen LogP contribution in [0, 0.1) is 17.8 Å². The molecule has 0 bridgehead atoms. The van der Waals surface area contributed by atoms with Crippen molar-refractivity contribution in [3.05, 3.63) is 59.4 Å². The van der Waals surface area contributed by atoms with Gasteiger partial charge in [-0.15, -0.1) is 0 Å². The molecule has 6 aliphatic rings. The Morgan fingerprint density at radius 2 is 1.51 bits per heavy atom. The smallest absolute Gasteiger partial charge is 0.421 e. The molecule has 1 saturated carbocycles. The third-order valence-corrected chi connectivity index (χ3v) is 14.5. The molecule has 5 aliphatic heterocycles. The van der Waals surface area contributed by atoms with E-state index in [2.05, 4.69) is 46.4 Å². The molecule has 8 heterocycles. The summed E-state index contributed by atoms with van der Waals surface area (Å²) in [6.07, 6.45) is 8.96. The third-order valence-electron chi connectivity index (χ3n) is 14.5. The molecule has 1 aliphatic carbocycles. The minimum absolute atomic E-state index is 0.0360. The van der Waals surface area contributed by atoms with Crippen LogP contribution < -0.4 is 25.2 Å². The number of nitrogens with zero attached hydrogens (tertiary/aromatic N) is 9. The van der Waals surface area contributed by atoms with Gasteiger partial charge in [0.2, 0.25) is 29.5 Å². The van der Waals surface area contributed by atoms with Gasteiger partial charge in [0, 0.05) is 114 Å². The maximum atomic E-state index is 13.8. The van der Waals surface area contributed by atoms with Gasteiger partial charge in [-0.1, -0.05) is 0 Å². The number of pyridine rings is 2. The molecule has 0 radical (unpaired) electrons. The van der Waals surface area contributed by atoms with Crippen molar-refractivity contribution in [2.75, 3.05) is 87.7 Å². The average Bonchev–Trinajstić information content (AvgIpc) is 3.79. The van der Waals surface area contributed by atoms with Crippen LogP contribution in [0.2, 0.25) is 0 Å². The van der Waals surface area contributed by atoms with Gasteiger partial charge in [0.05, 0.1) is 42.5 Å². The van der Waals surface area contributed by atoms with E-state index in [9.17, 15) is 32.3 Å². The van der Waals surface area contributed by atoms with Crippen molar-refractivity contribution in [1.29, 1.82) is 0 Å². The maximum absolute atomic E-state index is 13.8. The number of nitrogens with one attached hydrogen (secondary N) is 2. The van der Waals surface area contributed by atoms with Crippen molar-refractivity contribution < 1.29 is 37.1 Å². The van der Waals surface area contributed by atoms with Crippen LogP contribution in [0.4, 0.5) is 30.4 Å². The summed E-state index contributed by atoms with van der Waals surface area (Å²) in [5, 5.41) is 5.97. The minimum Gasteiger partial charge on any atom is -0.481 e. The summed E-state index contributed by atoms with van der Waals surface area (Å²) >= 11 is 0. The van der Waals surface area contributed by atoms with Crippen molar-refractivity contribution in [2.24, 2.45) is 17.8 Å². The highest BCUT2D eigenvalue weighted by molar-refractivity contribution is 6.01. The van der Waals surface area contributed by atoms with Crippen LogP contribution in [-0.2, 0) is 38.3 Å². The highest BCUT2D eigenvalue weighted by atomic mass is 19.4. The molecule has 5 fully saturated rings. The van der Waals surface area contributed by atoms with E-state index in [1.54, 1.807) is 6.20 Å². The van der Waals surface area contributed by atoms with E-state index in [1.165, 1.54) is 19.6 Å². The van der Waals surface area contributed by atoms with Gasteiger partial charge >= 0.3 is 6.18 Å². The zero-order valence-corrected chi connectivity index (χ0v) is 36.9. The first-order chi connectivity index (χ1) is 31.4. The molecule has 1 unspecified atom stereocenters. The number of amides is 4. The Kier molecular flexibility index (Phi) is 13.1. The van der Waals surface area contributed by atoms with Crippen molar-refractivity contribution in [2.45, 2.75) is 88.9 Å². The molecule has 0 aromatic carbocycles. The number of piperazine rings is 1. The number of carbonyl (C=O) groups is 4. The van der Waals surface area contributed by atoms with Crippen molar-refractivity contribution in [3.8, 4) is 5.88 Å². The Labute approximate surface area is 376 Å². The summed E-state index contributed by atoms with van der Waals surface area (Å²) in [7, 11) is 1.17. The lowest BCUT2D eigenvalue weighted by molar-refractivity contribution is -0.142. The van der Waals surface area contributed by atoms with E-state index in [1.807, 2.05) is 20.9 Å². The molecule has 4 amide bonds. The van der Waals surface area contributed by atoms with Gasteiger partial charge in [-0.3, -0.25) is 34.4 Å². The van der Waals surface area contributed by atoms with Crippen LogP contribution in [0.15, 0.2) is 37.1 Å². The third kappa shape index (κ3) is 9.99.